The maximum Gasteiger partial charge on any atom is 0.235 e. The second-order valence-electron chi connectivity index (χ2n) is 12.6. The summed E-state index contributed by atoms with van der Waals surface area (Å²) < 4.78 is 11.0. The van der Waals surface area contributed by atoms with Gasteiger partial charge in [0.05, 0.1) is 26.9 Å². The minimum Gasteiger partial charge on any atom is -0.456 e. The van der Waals surface area contributed by atoms with Crippen molar-refractivity contribution in [3.8, 4) is 28.3 Å². The third-order valence-electron chi connectivity index (χ3n) is 9.80. The molecule has 0 bridgehead atoms. The Hall–Kier alpha value is -6.30. The van der Waals surface area contributed by atoms with Gasteiger partial charge in [0.25, 0.3) is 0 Å². The minimum atomic E-state index is 0.655. The fraction of sp³-hybridized carbons (Fsp3) is 0.0435. The molecule has 11 aromatic rings. The highest BCUT2D eigenvalue weighted by Crippen LogP contribution is 2.43. The van der Waals surface area contributed by atoms with Gasteiger partial charge >= 0.3 is 0 Å². The zero-order valence-corrected chi connectivity index (χ0v) is 28.9. The molecule has 5 heteroatoms. The van der Waals surface area contributed by atoms with Crippen LogP contribution >= 0.6 is 11.3 Å². The zero-order chi connectivity index (χ0) is 34.1. The van der Waals surface area contributed by atoms with Crippen molar-refractivity contribution >= 4 is 86.2 Å². The van der Waals surface area contributed by atoms with Crippen molar-refractivity contribution < 1.29 is 4.42 Å². The van der Waals surface area contributed by atoms with Crippen LogP contribution in [0.5, 0.6) is 0 Å². The van der Waals surface area contributed by atoms with Gasteiger partial charge in [-0.3, -0.25) is 4.57 Å². The highest BCUT2D eigenvalue weighted by Gasteiger charge is 2.22. The molecule has 0 fully saturated rings. The lowest BCUT2D eigenvalue weighted by atomic mass is 10.00. The standard InChI is InChI=1S/C44H25N3OS.C2H6/c1-2-11-26(12-3-1)40-43-41(34-16-7-9-20-39(34)49-43)46-44(45-40)47-36-24-28-14-5-4-13-27(28)23-35(36)33-18-10-17-30(42(33)47)29-21-22-32-31-15-6-8-19-37(31)48-38(32)25-29;1-2/h1-25H;1-2H3. The Morgan fingerprint density at radius 1 is 0.529 bits per heavy atom. The van der Waals surface area contributed by atoms with Crippen molar-refractivity contribution in [3.63, 3.8) is 0 Å². The van der Waals surface area contributed by atoms with Gasteiger partial charge in [0.15, 0.2) is 0 Å². The van der Waals surface area contributed by atoms with Gasteiger partial charge in [0.2, 0.25) is 5.95 Å². The molecule has 0 amide bonds. The average molecular weight is 674 g/mol. The van der Waals surface area contributed by atoms with E-state index in [0.717, 1.165) is 76.3 Å². The number of rotatable bonds is 3. The van der Waals surface area contributed by atoms with Gasteiger partial charge in [-0.1, -0.05) is 129 Å². The monoisotopic (exact) mass is 673 g/mol. The predicted molar refractivity (Wildman–Crippen MR) is 216 cm³/mol. The van der Waals surface area contributed by atoms with E-state index in [-0.39, 0.29) is 0 Å². The van der Waals surface area contributed by atoms with E-state index < -0.39 is 0 Å². The Bertz CT molecular complexity index is 3110. The van der Waals surface area contributed by atoms with Gasteiger partial charge in [-0.2, -0.15) is 0 Å². The molecule has 51 heavy (non-hydrogen) atoms. The van der Waals surface area contributed by atoms with Crippen molar-refractivity contribution in [2.45, 2.75) is 13.8 Å². The molecule has 0 radical (unpaired) electrons. The van der Waals surface area contributed by atoms with Crippen molar-refractivity contribution in [2.75, 3.05) is 0 Å². The Kier molecular flexibility index (Phi) is 6.76. The van der Waals surface area contributed by atoms with Gasteiger partial charge in [-0.05, 0) is 52.7 Å². The minimum absolute atomic E-state index is 0.655. The van der Waals surface area contributed by atoms with Gasteiger partial charge < -0.3 is 4.42 Å². The quantitative estimate of drug-likeness (QED) is 0.187. The number of benzene rings is 7. The number of nitrogens with zero attached hydrogens (tertiary/aromatic N) is 3. The number of aromatic nitrogens is 3. The van der Waals surface area contributed by atoms with Gasteiger partial charge in [0.1, 0.15) is 11.2 Å². The van der Waals surface area contributed by atoms with Crippen LogP contribution < -0.4 is 0 Å². The molecule has 4 heterocycles. The largest absolute Gasteiger partial charge is 0.456 e. The van der Waals surface area contributed by atoms with Crippen molar-refractivity contribution in [1.82, 2.24) is 14.5 Å². The van der Waals surface area contributed by atoms with Crippen molar-refractivity contribution in [2.24, 2.45) is 0 Å². The first-order chi connectivity index (χ1) is 25.3. The molecule has 0 aliphatic rings. The normalized spacial score (nSPS) is 11.7. The first-order valence-corrected chi connectivity index (χ1v) is 18.2. The Morgan fingerprint density at radius 2 is 1.24 bits per heavy atom. The fourth-order valence-corrected chi connectivity index (χ4v) is 8.71. The summed E-state index contributed by atoms with van der Waals surface area (Å²) in [6.07, 6.45) is 0. The summed E-state index contributed by atoms with van der Waals surface area (Å²) in [5.74, 6) is 0.655. The molecule has 242 valence electrons. The number of para-hydroxylation sites is 2. The van der Waals surface area contributed by atoms with E-state index in [1.807, 2.05) is 26.0 Å². The summed E-state index contributed by atoms with van der Waals surface area (Å²) in [5.41, 5.74) is 9.08. The molecular formula is C46H31N3OS. The van der Waals surface area contributed by atoms with Crippen LogP contribution in [0.25, 0.3) is 103 Å². The van der Waals surface area contributed by atoms with Crippen LogP contribution in [0.15, 0.2) is 156 Å². The molecule has 0 aliphatic carbocycles. The topological polar surface area (TPSA) is 43.9 Å². The molecule has 0 spiro atoms. The molecule has 4 aromatic heterocycles. The summed E-state index contributed by atoms with van der Waals surface area (Å²) in [5, 5.41) is 8.09. The van der Waals surface area contributed by atoms with E-state index in [1.54, 1.807) is 11.3 Å². The molecule has 0 unspecified atom stereocenters. The Labute approximate surface area is 297 Å². The predicted octanol–water partition coefficient (Wildman–Crippen LogP) is 13.4. The molecule has 0 N–H and O–H groups in total. The van der Waals surface area contributed by atoms with Crippen LogP contribution in [0, 0.1) is 0 Å². The number of thiophene rings is 1. The molecule has 7 aromatic carbocycles. The molecule has 0 saturated carbocycles. The SMILES string of the molecule is CC.c1ccc(-c2nc(-n3c4cc5ccccc5cc4c4cccc(-c5ccc6c(c5)oc5ccccc56)c43)nc3c2sc2ccccc23)cc1. The van der Waals surface area contributed by atoms with Gasteiger partial charge in [-0.15, -0.1) is 11.3 Å². The summed E-state index contributed by atoms with van der Waals surface area (Å²) in [7, 11) is 0. The maximum atomic E-state index is 6.37. The lowest BCUT2D eigenvalue weighted by Gasteiger charge is -2.13. The molecule has 0 saturated heterocycles. The second kappa shape index (κ2) is 11.7. The first-order valence-electron chi connectivity index (χ1n) is 17.4. The highest BCUT2D eigenvalue weighted by molar-refractivity contribution is 7.26. The number of hydrogen-bond donors (Lipinski definition) is 0. The van der Waals surface area contributed by atoms with Gasteiger partial charge in [0, 0.05) is 42.8 Å². The first kappa shape index (κ1) is 29.6. The summed E-state index contributed by atoms with van der Waals surface area (Å²) >= 11 is 1.76. The van der Waals surface area contributed by atoms with E-state index in [4.69, 9.17) is 14.4 Å². The van der Waals surface area contributed by atoms with Crippen LogP contribution in [0.1, 0.15) is 13.8 Å². The van der Waals surface area contributed by atoms with Gasteiger partial charge in [-0.25, -0.2) is 9.97 Å². The van der Waals surface area contributed by atoms with Crippen molar-refractivity contribution in [3.05, 3.63) is 152 Å². The fourth-order valence-electron chi connectivity index (χ4n) is 7.56. The van der Waals surface area contributed by atoms with E-state index in [1.165, 1.54) is 20.9 Å². The summed E-state index contributed by atoms with van der Waals surface area (Å²) in [6.45, 7) is 4.00. The molecule has 4 nitrogen and oxygen atoms in total. The number of fused-ring (bicyclic) bond motifs is 10. The van der Waals surface area contributed by atoms with E-state index in [2.05, 4.69) is 144 Å². The van der Waals surface area contributed by atoms with E-state index in [0.29, 0.717) is 5.95 Å². The van der Waals surface area contributed by atoms with Crippen LogP contribution in [0.2, 0.25) is 0 Å². The van der Waals surface area contributed by atoms with Crippen molar-refractivity contribution in [1.29, 1.82) is 0 Å². The van der Waals surface area contributed by atoms with Crippen LogP contribution in [0.3, 0.4) is 0 Å². The molecule has 0 aliphatic heterocycles. The smallest absolute Gasteiger partial charge is 0.235 e. The Balaban J connectivity index is 0.00000161. The maximum absolute atomic E-state index is 6.37. The molecule has 0 atom stereocenters. The van der Waals surface area contributed by atoms with E-state index >= 15 is 0 Å². The van der Waals surface area contributed by atoms with Crippen LogP contribution in [0.4, 0.5) is 0 Å². The third-order valence-corrected chi connectivity index (χ3v) is 11.0. The molecule has 11 rings (SSSR count). The Morgan fingerprint density at radius 3 is 2.10 bits per heavy atom. The summed E-state index contributed by atoms with van der Waals surface area (Å²) in [4.78, 5) is 10.9. The number of hydrogen-bond acceptors (Lipinski definition) is 4. The molecular weight excluding hydrogens is 643 g/mol. The van der Waals surface area contributed by atoms with Crippen LogP contribution in [-0.4, -0.2) is 14.5 Å². The lowest BCUT2D eigenvalue weighted by molar-refractivity contribution is 0.669. The van der Waals surface area contributed by atoms with Crippen LogP contribution in [-0.2, 0) is 0 Å². The average Bonchev–Trinajstić information content (AvgIpc) is 3.87. The third kappa shape index (κ3) is 4.52. The zero-order valence-electron chi connectivity index (χ0n) is 28.1. The lowest BCUT2D eigenvalue weighted by Crippen LogP contribution is -2.03. The highest BCUT2D eigenvalue weighted by atomic mass is 32.1. The van der Waals surface area contributed by atoms with E-state index in [9.17, 15) is 0 Å². The second-order valence-corrected chi connectivity index (χ2v) is 13.6. The number of furan rings is 1. The summed E-state index contributed by atoms with van der Waals surface area (Å²) in [6, 6.07) is 53.6.